The van der Waals surface area contributed by atoms with E-state index < -0.39 is 5.41 Å². The van der Waals surface area contributed by atoms with E-state index in [4.69, 9.17) is 10.5 Å². The summed E-state index contributed by atoms with van der Waals surface area (Å²) in [5, 5.41) is 5.33. The summed E-state index contributed by atoms with van der Waals surface area (Å²) in [6.07, 6.45) is 3.89. The minimum Gasteiger partial charge on any atom is -0.381 e. The first kappa shape index (κ1) is 23.7. The van der Waals surface area contributed by atoms with Crippen molar-refractivity contribution in [3.8, 4) is 0 Å². The molecular formula is C18H31Cl2N3O2S. The molecule has 3 N–H and O–H groups in total. The van der Waals surface area contributed by atoms with Crippen LogP contribution in [0.25, 0.3) is 0 Å². The second kappa shape index (κ2) is 11.5. The molecule has 0 bridgehead atoms. The van der Waals surface area contributed by atoms with Crippen LogP contribution in [0.15, 0.2) is 17.5 Å². The molecule has 5 nitrogen and oxygen atoms in total. The van der Waals surface area contributed by atoms with E-state index in [0.717, 1.165) is 39.0 Å². The first-order valence-corrected chi connectivity index (χ1v) is 9.91. The molecule has 1 aromatic heterocycles. The lowest BCUT2D eigenvalue weighted by Gasteiger charge is -2.36. The van der Waals surface area contributed by atoms with Crippen LogP contribution in [-0.4, -0.2) is 50.2 Å². The van der Waals surface area contributed by atoms with Gasteiger partial charge in [0.05, 0.1) is 5.41 Å². The van der Waals surface area contributed by atoms with Gasteiger partial charge in [-0.2, -0.15) is 0 Å². The molecule has 2 aliphatic heterocycles. The molecule has 2 fully saturated rings. The van der Waals surface area contributed by atoms with Crippen LogP contribution in [0.1, 0.15) is 30.6 Å². The Labute approximate surface area is 172 Å². The third-order valence-corrected chi connectivity index (χ3v) is 6.30. The Balaban J connectivity index is 0.00000169. The van der Waals surface area contributed by atoms with Crippen molar-refractivity contribution >= 4 is 42.1 Å². The van der Waals surface area contributed by atoms with Gasteiger partial charge in [-0.25, -0.2) is 0 Å². The zero-order valence-corrected chi connectivity index (χ0v) is 17.6. The van der Waals surface area contributed by atoms with Crippen molar-refractivity contribution in [2.45, 2.75) is 32.2 Å². The van der Waals surface area contributed by atoms with Gasteiger partial charge in [-0.1, -0.05) is 6.07 Å². The van der Waals surface area contributed by atoms with Crippen LogP contribution in [0.5, 0.6) is 0 Å². The topological polar surface area (TPSA) is 67.6 Å². The quantitative estimate of drug-likeness (QED) is 0.737. The number of nitrogens with zero attached hydrogens (tertiary/aromatic N) is 1. The number of thiophene rings is 1. The van der Waals surface area contributed by atoms with Gasteiger partial charge in [0.25, 0.3) is 0 Å². The van der Waals surface area contributed by atoms with E-state index in [1.165, 1.54) is 17.7 Å². The lowest BCUT2D eigenvalue weighted by Crippen LogP contribution is -2.51. The minimum absolute atomic E-state index is 0. The van der Waals surface area contributed by atoms with Crippen molar-refractivity contribution in [1.29, 1.82) is 0 Å². The summed E-state index contributed by atoms with van der Waals surface area (Å²) < 4.78 is 5.39. The highest BCUT2D eigenvalue weighted by molar-refractivity contribution is 7.09. The van der Waals surface area contributed by atoms with Crippen LogP contribution < -0.4 is 11.1 Å². The van der Waals surface area contributed by atoms with Crippen molar-refractivity contribution in [2.24, 2.45) is 17.1 Å². The monoisotopic (exact) mass is 423 g/mol. The van der Waals surface area contributed by atoms with Crippen LogP contribution in [0.2, 0.25) is 0 Å². The number of piperidine rings is 1. The Hall–Kier alpha value is -0.370. The SMILES string of the molecule is Cl.Cl.NCC1(C(=O)NCC2CCCN(Cc3cccs3)C2)CCOCC1. The number of likely N-dealkylation sites (tertiary alicyclic amines) is 1. The lowest BCUT2D eigenvalue weighted by molar-refractivity contribution is -0.136. The summed E-state index contributed by atoms with van der Waals surface area (Å²) in [4.78, 5) is 16.6. The summed E-state index contributed by atoms with van der Waals surface area (Å²) in [6.45, 7) is 5.72. The fourth-order valence-electron chi connectivity index (χ4n) is 3.79. The van der Waals surface area contributed by atoms with Crippen molar-refractivity contribution in [3.63, 3.8) is 0 Å². The number of nitrogens with two attached hydrogens (primary N) is 1. The fourth-order valence-corrected chi connectivity index (χ4v) is 4.54. The zero-order valence-electron chi connectivity index (χ0n) is 15.2. The maximum Gasteiger partial charge on any atom is 0.227 e. The van der Waals surface area contributed by atoms with E-state index in [-0.39, 0.29) is 30.7 Å². The molecule has 150 valence electrons. The van der Waals surface area contributed by atoms with Crippen molar-refractivity contribution < 1.29 is 9.53 Å². The number of hydrogen-bond donors (Lipinski definition) is 2. The Bertz CT molecular complexity index is 525. The summed E-state index contributed by atoms with van der Waals surface area (Å²) >= 11 is 1.82. The minimum atomic E-state index is -0.413. The summed E-state index contributed by atoms with van der Waals surface area (Å²) in [7, 11) is 0. The van der Waals surface area contributed by atoms with Crippen LogP contribution in [0.4, 0.5) is 0 Å². The third kappa shape index (κ3) is 6.08. The van der Waals surface area contributed by atoms with Gasteiger partial charge in [0.2, 0.25) is 5.91 Å². The normalized spacial score (nSPS) is 22.7. The lowest BCUT2D eigenvalue weighted by atomic mass is 9.79. The molecule has 0 radical (unpaired) electrons. The van der Waals surface area contributed by atoms with Gasteiger partial charge in [-0.15, -0.1) is 36.2 Å². The van der Waals surface area contributed by atoms with E-state index in [2.05, 4.69) is 27.7 Å². The molecule has 1 amide bonds. The van der Waals surface area contributed by atoms with Gasteiger partial charge in [0, 0.05) is 44.3 Å². The number of hydrogen-bond acceptors (Lipinski definition) is 5. The van der Waals surface area contributed by atoms with E-state index >= 15 is 0 Å². The largest absolute Gasteiger partial charge is 0.381 e. The molecule has 1 aromatic rings. The number of ether oxygens (including phenoxy) is 1. The number of carbonyl (C=O) groups is 1. The number of halogens is 2. The average molecular weight is 424 g/mol. The summed E-state index contributed by atoms with van der Waals surface area (Å²) in [5.41, 5.74) is 5.51. The number of rotatable bonds is 6. The van der Waals surface area contributed by atoms with Gasteiger partial charge in [0.1, 0.15) is 0 Å². The van der Waals surface area contributed by atoms with E-state index in [0.29, 0.717) is 25.7 Å². The zero-order chi connectivity index (χ0) is 16.8. The van der Waals surface area contributed by atoms with Gasteiger partial charge in [-0.3, -0.25) is 9.69 Å². The molecule has 2 saturated heterocycles. The molecule has 1 unspecified atom stereocenters. The van der Waals surface area contributed by atoms with E-state index in [1.54, 1.807) is 0 Å². The molecule has 26 heavy (non-hydrogen) atoms. The van der Waals surface area contributed by atoms with Crippen LogP contribution in [0, 0.1) is 11.3 Å². The van der Waals surface area contributed by atoms with Crippen molar-refractivity contribution in [1.82, 2.24) is 10.2 Å². The maximum atomic E-state index is 12.7. The van der Waals surface area contributed by atoms with Gasteiger partial charge < -0.3 is 15.8 Å². The van der Waals surface area contributed by atoms with E-state index in [1.807, 2.05) is 11.3 Å². The highest BCUT2D eigenvalue weighted by Crippen LogP contribution is 2.29. The first-order valence-electron chi connectivity index (χ1n) is 9.03. The molecule has 3 heterocycles. The van der Waals surface area contributed by atoms with Crippen molar-refractivity contribution in [2.75, 3.05) is 39.4 Å². The maximum absolute atomic E-state index is 12.7. The summed E-state index contributed by atoms with van der Waals surface area (Å²) in [5.74, 6) is 0.668. The predicted molar refractivity (Wildman–Crippen MR) is 111 cm³/mol. The van der Waals surface area contributed by atoms with Gasteiger partial charge >= 0.3 is 0 Å². The summed E-state index contributed by atoms with van der Waals surface area (Å²) in [6, 6.07) is 4.31. The highest BCUT2D eigenvalue weighted by atomic mass is 35.5. The van der Waals surface area contributed by atoms with Crippen LogP contribution in [-0.2, 0) is 16.1 Å². The number of nitrogens with one attached hydrogen (secondary N) is 1. The van der Waals surface area contributed by atoms with Crippen LogP contribution in [0.3, 0.4) is 0 Å². The van der Waals surface area contributed by atoms with Gasteiger partial charge in [0.15, 0.2) is 0 Å². The smallest absolute Gasteiger partial charge is 0.227 e. The van der Waals surface area contributed by atoms with E-state index in [9.17, 15) is 4.79 Å². The number of amides is 1. The molecular weight excluding hydrogens is 393 g/mol. The Kier molecular flexibility index (Phi) is 10.4. The Morgan fingerprint density at radius 3 is 2.81 bits per heavy atom. The highest BCUT2D eigenvalue weighted by Gasteiger charge is 2.38. The second-order valence-electron chi connectivity index (χ2n) is 7.13. The molecule has 0 aliphatic carbocycles. The average Bonchev–Trinajstić information content (AvgIpc) is 3.13. The third-order valence-electron chi connectivity index (χ3n) is 5.44. The standard InChI is InChI=1S/C18H29N3O2S.2ClH/c19-14-18(5-8-23-9-6-18)17(22)20-11-15-3-1-7-21(12-15)13-16-4-2-10-24-16;;/h2,4,10,15H,1,3,5-9,11-14,19H2,(H,20,22);2*1H. The predicted octanol–water partition coefficient (Wildman–Crippen LogP) is 2.68. The Morgan fingerprint density at radius 1 is 1.38 bits per heavy atom. The van der Waals surface area contributed by atoms with Crippen LogP contribution >= 0.6 is 36.2 Å². The Morgan fingerprint density at radius 2 is 2.15 bits per heavy atom. The van der Waals surface area contributed by atoms with Gasteiger partial charge in [-0.05, 0) is 49.6 Å². The fraction of sp³-hybridized carbons (Fsp3) is 0.722. The molecule has 0 spiro atoms. The molecule has 0 aromatic carbocycles. The first-order chi connectivity index (χ1) is 11.7. The molecule has 3 rings (SSSR count). The molecule has 1 atom stereocenters. The number of carbonyl (C=O) groups excluding carboxylic acids is 1. The molecule has 2 aliphatic rings. The molecule has 0 saturated carbocycles. The second-order valence-corrected chi connectivity index (χ2v) is 8.16. The van der Waals surface area contributed by atoms with Crippen molar-refractivity contribution in [3.05, 3.63) is 22.4 Å². The molecule has 8 heteroatoms.